The van der Waals surface area contributed by atoms with Gasteiger partial charge in [-0.25, -0.2) is 4.39 Å². The van der Waals surface area contributed by atoms with E-state index < -0.39 is 23.6 Å². The van der Waals surface area contributed by atoms with E-state index in [4.69, 9.17) is 17.3 Å². The smallest absolute Gasteiger partial charge is 0.324 e. The van der Waals surface area contributed by atoms with Gasteiger partial charge in [0, 0.05) is 11.1 Å². The van der Waals surface area contributed by atoms with Gasteiger partial charge in [-0.3, -0.25) is 0 Å². The van der Waals surface area contributed by atoms with Crippen molar-refractivity contribution in [2.24, 2.45) is 5.73 Å². The maximum atomic E-state index is 13.6. The maximum absolute atomic E-state index is 13.6. The van der Waals surface area contributed by atoms with Crippen molar-refractivity contribution < 1.29 is 17.6 Å². The maximum Gasteiger partial charge on any atom is 0.416 e. The van der Waals surface area contributed by atoms with Crippen LogP contribution in [0.1, 0.15) is 22.7 Å². The average molecular weight is 318 g/mol. The molecule has 0 aliphatic rings. The van der Waals surface area contributed by atoms with E-state index >= 15 is 0 Å². The fourth-order valence-corrected chi connectivity index (χ4v) is 2.17. The monoisotopic (exact) mass is 317 g/mol. The molecule has 0 aliphatic carbocycles. The molecule has 2 aromatic carbocycles. The second-order valence-corrected chi connectivity index (χ2v) is 5.10. The normalized spacial score (nSPS) is 13.2. The van der Waals surface area contributed by atoms with E-state index in [9.17, 15) is 17.6 Å². The number of hydrogen-bond acceptors (Lipinski definition) is 1. The summed E-state index contributed by atoms with van der Waals surface area (Å²) in [6, 6.07) is 8.03. The molecule has 6 heteroatoms. The second-order valence-electron chi connectivity index (χ2n) is 4.67. The third-order valence-corrected chi connectivity index (χ3v) is 3.35. The molecule has 0 radical (unpaired) electrons. The van der Waals surface area contributed by atoms with Crippen molar-refractivity contribution in [1.29, 1.82) is 0 Å². The van der Waals surface area contributed by atoms with Crippen molar-refractivity contribution in [3.8, 4) is 0 Å². The van der Waals surface area contributed by atoms with Gasteiger partial charge in [-0.15, -0.1) is 0 Å². The first-order chi connectivity index (χ1) is 9.77. The largest absolute Gasteiger partial charge is 0.416 e. The first-order valence-corrected chi connectivity index (χ1v) is 6.52. The van der Waals surface area contributed by atoms with E-state index in [2.05, 4.69) is 0 Å². The highest BCUT2D eigenvalue weighted by atomic mass is 35.5. The van der Waals surface area contributed by atoms with E-state index in [1.165, 1.54) is 30.3 Å². The number of halogens is 5. The molecule has 2 N–H and O–H groups in total. The van der Waals surface area contributed by atoms with Gasteiger partial charge >= 0.3 is 6.18 Å². The van der Waals surface area contributed by atoms with Gasteiger partial charge in [0.1, 0.15) is 5.82 Å². The molecule has 0 bridgehead atoms. The fraction of sp³-hybridized carbons (Fsp3) is 0.200. The van der Waals surface area contributed by atoms with Gasteiger partial charge in [0.05, 0.1) is 5.56 Å². The van der Waals surface area contributed by atoms with Crippen LogP contribution in [0, 0.1) is 5.82 Å². The van der Waals surface area contributed by atoms with Crippen LogP contribution in [0.15, 0.2) is 42.5 Å². The molecular weight excluding hydrogens is 306 g/mol. The van der Waals surface area contributed by atoms with Crippen LogP contribution in [-0.4, -0.2) is 0 Å². The summed E-state index contributed by atoms with van der Waals surface area (Å²) in [6.45, 7) is 0. The lowest BCUT2D eigenvalue weighted by Crippen LogP contribution is -2.15. The molecular formula is C15H12ClF4N. The molecule has 0 aromatic heterocycles. The minimum absolute atomic E-state index is 0.151. The van der Waals surface area contributed by atoms with Crippen molar-refractivity contribution >= 4 is 11.6 Å². The number of hydrogen-bond donors (Lipinski definition) is 1. The van der Waals surface area contributed by atoms with E-state index in [0.717, 1.165) is 12.1 Å². The minimum atomic E-state index is -4.39. The fourth-order valence-electron chi connectivity index (χ4n) is 1.97. The highest BCUT2D eigenvalue weighted by Crippen LogP contribution is 2.30. The molecule has 0 spiro atoms. The Morgan fingerprint density at radius 3 is 2.24 bits per heavy atom. The molecule has 0 saturated heterocycles. The molecule has 0 aliphatic heterocycles. The predicted octanol–water partition coefficient (Wildman–Crippen LogP) is 4.74. The summed E-state index contributed by atoms with van der Waals surface area (Å²) < 4.78 is 51.0. The molecule has 0 saturated carbocycles. The van der Waals surface area contributed by atoms with Gasteiger partial charge in [0.15, 0.2) is 0 Å². The van der Waals surface area contributed by atoms with Gasteiger partial charge < -0.3 is 5.73 Å². The van der Waals surface area contributed by atoms with Crippen molar-refractivity contribution in [2.75, 3.05) is 0 Å². The Kier molecular flexibility index (Phi) is 4.54. The Balaban J connectivity index is 2.17. The average Bonchev–Trinajstić information content (AvgIpc) is 2.42. The number of benzene rings is 2. The number of rotatable bonds is 3. The van der Waals surface area contributed by atoms with Crippen molar-refractivity contribution in [1.82, 2.24) is 0 Å². The predicted molar refractivity (Wildman–Crippen MR) is 73.5 cm³/mol. The molecule has 0 heterocycles. The Morgan fingerprint density at radius 2 is 1.67 bits per heavy atom. The lowest BCUT2D eigenvalue weighted by Gasteiger charge is -2.14. The van der Waals surface area contributed by atoms with Gasteiger partial charge in [-0.05, 0) is 47.9 Å². The number of alkyl halides is 3. The minimum Gasteiger partial charge on any atom is -0.324 e. The summed E-state index contributed by atoms with van der Waals surface area (Å²) in [5.74, 6) is -0.443. The van der Waals surface area contributed by atoms with Crippen LogP contribution >= 0.6 is 11.6 Å². The summed E-state index contributed by atoms with van der Waals surface area (Å²) in [6.07, 6.45) is -4.24. The van der Waals surface area contributed by atoms with Gasteiger partial charge in [-0.2, -0.15) is 13.2 Å². The van der Waals surface area contributed by atoms with Crippen LogP contribution in [0.25, 0.3) is 0 Å². The molecule has 1 unspecified atom stereocenters. The zero-order chi connectivity index (χ0) is 15.6. The van der Waals surface area contributed by atoms with Crippen molar-refractivity contribution in [2.45, 2.75) is 18.6 Å². The Labute approximate surface area is 124 Å². The number of nitrogens with two attached hydrogens (primary N) is 1. The van der Waals surface area contributed by atoms with Crippen LogP contribution in [0.4, 0.5) is 17.6 Å². The molecule has 0 amide bonds. The van der Waals surface area contributed by atoms with Crippen molar-refractivity contribution in [3.63, 3.8) is 0 Å². The zero-order valence-corrected chi connectivity index (χ0v) is 11.5. The second kappa shape index (κ2) is 6.03. The molecule has 112 valence electrons. The lowest BCUT2D eigenvalue weighted by molar-refractivity contribution is -0.137. The van der Waals surface area contributed by atoms with Crippen LogP contribution < -0.4 is 5.73 Å². The molecule has 1 nitrogen and oxygen atoms in total. The first-order valence-electron chi connectivity index (χ1n) is 6.14. The van der Waals surface area contributed by atoms with Crippen LogP contribution in [0.3, 0.4) is 0 Å². The SMILES string of the molecule is NC(Cc1cc(Cl)ccc1F)c1ccc(C(F)(F)F)cc1. The Bertz CT molecular complexity index is 623. The van der Waals surface area contributed by atoms with Crippen LogP contribution in [0.5, 0.6) is 0 Å². The molecule has 21 heavy (non-hydrogen) atoms. The van der Waals surface area contributed by atoms with Crippen molar-refractivity contribution in [3.05, 3.63) is 70.0 Å². The quantitative estimate of drug-likeness (QED) is 0.813. The molecule has 0 fully saturated rings. The third-order valence-electron chi connectivity index (χ3n) is 3.11. The molecule has 2 rings (SSSR count). The van der Waals surface area contributed by atoms with Gasteiger partial charge in [-0.1, -0.05) is 23.7 Å². The van der Waals surface area contributed by atoms with E-state index in [1.54, 1.807) is 0 Å². The molecule has 2 aromatic rings. The Hall–Kier alpha value is -1.59. The first kappa shape index (κ1) is 15.8. The third kappa shape index (κ3) is 3.95. The highest BCUT2D eigenvalue weighted by molar-refractivity contribution is 6.30. The summed E-state index contributed by atoms with van der Waals surface area (Å²) in [4.78, 5) is 0. The van der Waals surface area contributed by atoms with Gasteiger partial charge in [0.25, 0.3) is 0 Å². The van der Waals surface area contributed by atoms with Crippen LogP contribution in [-0.2, 0) is 12.6 Å². The van der Waals surface area contributed by atoms with E-state index in [-0.39, 0.29) is 6.42 Å². The topological polar surface area (TPSA) is 26.0 Å². The highest BCUT2D eigenvalue weighted by Gasteiger charge is 2.30. The Morgan fingerprint density at radius 1 is 1.05 bits per heavy atom. The summed E-state index contributed by atoms with van der Waals surface area (Å²) >= 11 is 5.78. The summed E-state index contributed by atoms with van der Waals surface area (Å²) in [5.41, 5.74) is 6.00. The zero-order valence-electron chi connectivity index (χ0n) is 10.8. The molecule has 1 atom stereocenters. The summed E-state index contributed by atoms with van der Waals surface area (Å²) in [7, 11) is 0. The lowest BCUT2D eigenvalue weighted by atomic mass is 9.98. The van der Waals surface area contributed by atoms with E-state index in [0.29, 0.717) is 16.1 Å². The van der Waals surface area contributed by atoms with Crippen LogP contribution in [0.2, 0.25) is 5.02 Å². The standard InChI is InChI=1S/C15H12ClF4N/c16-12-5-6-13(17)10(7-12)8-14(21)9-1-3-11(4-2-9)15(18,19)20/h1-7,14H,8,21H2. The van der Waals surface area contributed by atoms with E-state index in [1.807, 2.05) is 0 Å². The summed E-state index contributed by atoms with van der Waals surface area (Å²) in [5, 5.41) is 0.381. The van der Waals surface area contributed by atoms with Gasteiger partial charge in [0.2, 0.25) is 0 Å².